The fourth-order valence-corrected chi connectivity index (χ4v) is 1.84. The zero-order valence-electron chi connectivity index (χ0n) is 11.2. The van der Waals surface area contributed by atoms with E-state index in [9.17, 15) is 0 Å². The van der Waals surface area contributed by atoms with Crippen LogP contribution in [0.2, 0.25) is 0 Å². The maximum atomic E-state index is 3.46. The summed E-state index contributed by atoms with van der Waals surface area (Å²) in [6.45, 7) is 10.9. The monoisotopic (exact) mass is 243 g/mol. The predicted molar refractivity (Wildman–Crippen MR) is 73.6 cm³/mol. The van der Waals surface area contributed by atoms with E-state index in [2.05, 4.69) is 33.2 Å². The SMILES string of the molecule is CN1CCNCCNCCCNCCNCC1. The van der Waals surface area contributed by atoms with E-state index in [1.165, 1.54) is 6.42 Å². The van der Waals surface area contributed by atoms with Crippen molar-refractivity contribution in [1.29, 1.82) is 0 Å². The molecule has 1 fully saturated rings. The topological polar surface area (TPSA) is 51.4 Å². The molecule has 0 spiro atoms. The molecule has 0 saturated carbocycles. The van der Waals surface area contributed by atoms with E-state index < -0.39 is 0 Å². The lowest BCUT2D eigenvalue weighted by atomic mass is 10.4. The van der Waals surface area contributed by atoms with Gasteiger partial charge in [0.2, 0.25) is 0 Å². The van der Waals surface area contributed by atoms with Gasteiger partial charge in [0, 0.05) is 52.4 Å². The lowest BCUT2D eigenvalue weighted by Crippen LogP contribution is -2.38. The average Bonchev–Trinajstić information content (AvgIpc) is 2.32. The summed E-state index contributed by atoms with van der Waals surface area (Å²) in [5.74, 6) is 0. The van der Waals surface area contributed by atoms with Crippen molar-refractivity contribution < 1.29 is 0 Å². The summed E-state index contributed by atoms with van der Waals surface area (Å²) in [6.07, 6.45) is 1.21. The highest BCUT2D eigenvalue weighted by atomic mass is 15.1. The van der Waals surface area contributed by atoms with Gasteiger partial charge in [0.25, 0.3) is 0 Å². The second-order valence-electron chi connectivity index (χ2n) is 4.66. The molecular weight excluding hydrogens is 214 g/mol. The van der Waals surface area contributed by atoms with Crippen LogP contribution in [0.25, 0.3) is 0 Å². The molecule has 4 N–H and O–H groups in total. The van der Waals surface area contributed by atoms with Gasteiger partial charge in [-0.15, -0.1) is 0 Å². The van der Waals surface area contributed by atoms with E-state index in [1.807, 2.05) is 0 Å². The van der Waals surface area contributed by atoms with Gasteiger partial charge in [0.15, 0.2) is 0 Å². The molecule has 102 valence electrons. The lowest BCUT2D eigenvalue weighted by Gasteiger charge is -2.17. The van der Waals surface area contributed by atoms with Gasteiger partial charge in [0.05, 0.1) is 0 Å². The molecule has 1 heterocycles. The Hall–Kier alpha value is -0.200. The summed E-state index contributed by atoms with van der Waals surface area (Å²) in [5.41, 5.74) is 0. The quantitative estimate of drug-likeness (QED) is 0.425. The summed E-state index contributed by atoms with van der Waals surface area (Å²) < 4.78 is 0. The highest BCUT2D eigenvalue weighted by Crippen LogP contribution is 1.79. The van der Waals surface area contributed by atoms with Gasteiger partial charge < -0.3 is 26.2 Å². The Morgan fingerprint density at radius 1 is 0.588 bits per heavy atom. The number of nitrogens with zero attached hydrogens (tertiary/aromatic N) is 1. The van der Waals surface area contributed by atoms with Crippen LogP contribution in [0.5, 0.6) is 0 Å². The first-order valence-corrected chi connectivity index (χ1v) is 6.91. The molecule has 0 aliphatic carbocycles. The van der Waals surface area contributed by atoms with Crippen LogP contribution in [0.3, 0.4) is 0 Å². The lowest BCUT2D eigenvalue weighted by molar-refractivity contribution is 0.328. The van der Waals surface area contributed by atoms with Crippen molar-refractivity contribution in [3.8, 4) is 0 Å². The van der Waals surface area contributed by atoms with Crippen molar-refractivity contribution in [2.45, 2.75) is 6.42 Å². The Morgan fingerprint density at radius 2 is 1.00 bits per heavy atom. The molecule has 0 aromatic heterocycles. The van der Waals surface area contributed by atoms with Crippen LogP contribution in [-0.2, 0) is 0 Å². The number of nitrogens with one attached hydrogen (secondary N) is 4. The molecule has 1 saturated heterocycles. The van der Waals surface area contributed by atoms with E-state index in [1.54, 1.807) is 0 Å². The normalized spacial score (nSPS) is 24.5. The van der Waals surface area contributed by atoms with Crippen LogP contribution in [-0.4, -0.2) is 77.4 Å². The Kier molecular flexibility index (Phi) is 9.55. The minimum absolute atomic E-state index is 1.07. The van der Waals surface area contributed by atoms with Crippen molar-refractivity contribution in [2.75, 3.05) is 72.5 Å². The molecule has 1 aliphatic rings. The van der Waals surface area contributed by atoms with E-state index in [4.69, 9.17) is 0 Å². The van der Waals surface area contributed by atoms with Crippen LogP contribution < -0.4 is 21.3 Å². The smallest absolute Gasteiger partial charge is 0.0104 e. The molecule has 0 aromatic rings. The molecule has 0 aromatic carbocycles. The fourth-order valence-electron chi connectivity index (χ4n) is 1.84. The van der Waals surface area contributed by atoms with Gasteiger partial charge in [-0.1, -0.05) is 0 Å². The second-order valence-corrected chi connectivity index (χ2v) is 4.66. The van der Waals surface area contributed by atoms with Crippen molar-refractivity contribution >= 4 is 0 Å². The molecule has 5 heteroatoms. The van der Waals surface area contributed by atoms with Gasteiger partial charge in [-0.05, 0) is 26.6 Å². The predicted octanol–water partition coefficient (Wildman–Crippen LogP) is -1.32. The zero-order valence-corrected chi connectivity index (χ0v) is 11.2. The van der Waals surface area contributed by atoms with E-state index in [-0.39, 0.29) is 0 Å². The maximum absolute atomic E-state index is 3.46. The first-order valence-electron chi connectivity index (χ1n) is 6.91. The minimum atomic E-state index is 1.07. The molecule has 0 unspecified atom stereocenters. The molecule has 0 radical (unpaired) electrons. The molecular formula is C12H29N5. The average molecular weight is 243 g/mol. The first kappa shape index (κ1) is 14.9. The molecule has 0 amide bonds. The molecule has 1 aliphatic heterocycles. The van der Waals surface area contributed by atoms with Crippen molar-refractivity contribution in [3.63, 3.8) is 0 Å². The van der Waals surface area contributed by atoms with Crippen LogP contribution in [0.15, 0.2) is 0 Å². The Bertz CT molecular complexity index is 149. The van der Waals surface area contributed by atoms with Crippen molar-refractivity contribution in [3.05, 3.63) is 0 Å². The number of rotatable bonds is 0. The standard InChI is InChI=1S/C12H29N5/c1-17-11-9-15-7-5-13-3-2-4-14-6-8-16-10-12-17/h13-16H,2-12H2,1H3. The molecule has 17 heavy (non-hydrogen) atoms. The summed E-state index contributed by atoms with van der Waals surface area (Å²) in [5, 5.41) is 13.8. The van der Waals surface area contributed by atoms with Gasteiger partial charge >= 0.3 is 0 Å². The van der Waals surface area contributed by atoms with Gasteiger partial charge in [0.1, 0.15) is 0 Å². The largest absolute Gasteiger partial charge is 0.315 e. The minimum Gasteiger partial charge on any atom is -0.315 e. The van der Waals surface area contributed by atoms with Gasteiger partial charge in [-0.3, -0.25) is 0 Å². The third-order valence-corrected chi connectivity index (χ3v) is 3.00. The number of likely N-dealkylation sites (N-methyl/N-ethyl adjacent to an activating group) is 1. The maximum Gasteiger partial charge on any atom is 0.0104 e. The highest BCUT2D eigenvalue weighted by Gasteiger charge is 1.98. The fraction of sp³-hybridized carbons (Fsp3) is 1.00. The molecule has 1 rings (SSSR count). The molecule has 5 nitrogen and oxygen atoms in total. The van der Waals surface area contributed by atoms with Gasteiger partial charge in [-0.2, -0.15) is 0 Å². The van der Waals surface area contributed by atoms with Crippen molar-refractivity contribution in [1.82, 2.24) is 26.2 Å². The Balaban J connectivity index is 2.09. The summed E-state index contributed by atoms with van der Waals surface area (Å²) in [7, 11) is 2.18. The summed E-state index contributed by atoms with van der Waals surface area (Å²) in [6, 6.07) is 0. The molecule has 0 atom stereocenters. The third kappa shape index (κ3) is 9.50. The van der Waals surface area contributed by atoms with Gasteiger partial charge in [-0.25, -0.2) is 0 Å². The number of hydrogen-bond acceptors (Lipinski definition) is 5. The van der Waals surface area contributed by atoms with Crippen LogP contribution in [0.4, 0.5) is 0 Å². The Morgan fingerprint density at radius 3 is 1.47 bits per heavy atom. The third-order valence-electron chi connectivity index (χ3n) is 3.00. The van der Waals surface area contributed by atoms with E-state index in [0.29, 0.717) is 0 Å². The van der Waals surface area contributed by atoms with Crippen LogP contribution in [0, 0.1) is 0 Å². The zero-order chi connectivity index (χ0) is 12.2. The van der Waals surface area contributed by atoms with E-state index >= 15 is 0 Å². The van der Waals surface area contributed by atoms with Crippen LogP contribution >= 0.6 is 0 Å². The van der Waals surface area contributed by atoms with Crippen molar-refractivity contribution in [2.24, 2.45) is 0 Å². The second kappa shape index (κ2) is 10.9. The van der Waals surface area contributed by atoms with Crippen LogP contribution in [0.1, 0.15) is 6.42 Å². The molecule has 0 bridgehead atoms. The van der Waals surface area contributed by atoms with E-state index in [0.717, 1.165) is 65.4 Å². The Labute approximate surface area is 106 Å². The summed E-state index contributed by atoms with van der Waals surface area (Å²) >= 11 is 0. The highest BCUT2D eigenvalue weighted by molar-refractivity contribution is 4.61. The number of hydrogen-bond donors (Lipinski definition) is 4. The first-order chi connectivity index (χ1) is 8.39. The summed E-state index contributed by atoms with van der Waals surface area (Å²) in [4.78, 5) is 2.37.